The normalized spacial score (nSPS) is 12.0. The van der Waals surface area contributed by atoms with E-state index in [1.165, 1.54) is 11.8 Å². The topological polar surface area (TPSA) is 56.1 Å². The van der Waals surface area contributed by atoms with E-state index in [0.717, 1.165) is 27.3 Å². The summed E-state index contributed by atoms with van der Waals surface area (Å²) in [7, 11) is 3.57. The summed E-state index contributed by atoms with van der Waals surface area (Å²) in [6.45, 7) is 1.98. The highest BCUT2D eigenvalue weighted by Crippen LogP contribution is 2.37. The fraction of sp³-hybridized carbons (Fsp3) is 0.167. The maximum Gasteiger partial charge on any atom is 0.242 e. The second-order valence-corrected chi connectivity index (χ2v) is 8.12. The minimum atomic E-state index is -0.466. The molecule has 3 aromatic carbocycles. The number of methoxy groups -OCH3 is 1. The van der Waals surface area contributed by atoms with Crippen LogP contribution in [-0.4, -0.2) is 22.6 Å². The third kappa shape index (κ3) is 4.04. The largest absolute Gasteiger partial charge is 0.495 e. The summed E-state index contributed by atoms with van der Waals surface area (Å²) >= 11 is 1.44. The van der Waals surface area contributed by atoms with Crippen molar-refractivity contribution in [2.24, 2.45) is 7.05 Å². The zero-order valence-corrected chi connectivity index (χ0v) is 17.9. The lowest BCUT2D eigenvalue weighted by atomic mass is 10.1. The van der Waals surface area contributed by atoms with Gasteiger partial charge in [-0.15, -0.1) is 0 Å². The molecule has 1 amide bonds. The van der Waals surface area contributed by atoms with Crippen molar-refractivity contribution >= 4 is 34.4 Å². The van der Waals surface area contributed by atoms with Gasteiger partial charge in [-0.05, 0) is 42.3 Å². The van der Waals surface area contributed by atoms with E-state index in [4.69, 9.17) is 9.72 Å². The van der Waals surface area contributed by atoms with Gasteiger partial charge in [0.05, 0.1) is 23.8 Å². The molecule has 0 radical (unpaired) electrons. The highest BCUT2D eigenvalue weighted by atomic mass is 32.2. The van der Waals surface area contributed by atoms with E-state index in [9.17, 15) is 4.79 Å². The second kappa shape index (κ2) is 8.63. The van der Waals surface area contributed by atoms with Crippen LogP contribution in [0, 0.1) is 6.92 Å². The molecule has 0 saturated carbocycles. The van der Waals surface area contributed by atoms with Gasteiger partial charge in [-0.25, -0.2) is 4.98 Å². The number of imidazole rings is 1. The zero-order chi connectivity index (χ0) is 21.1. The number of benzene rings is 3. The number of hydrogen-bond acceptors (Lipinski definition) is 4. The number of carbonyl (C=O) groups is 1. The van der Waals surface area contributed by atoms with E-state index in [2.05, 4.69) is 5.32 Å². The number of rotatable bonds is 6. The van der Waals surface area contributed by atoms with Crippen molar-refractivity contribution < 1.29 is 9.53 Å². The Kier molecular flexibility index (Phi) is 5.77. The van der Waals surface area contributed by atoms with Crippen molar-refractivity contribution in [1.29, 1.82) is 0 Å². The molecule has 6 heteroatoms. The molecule has 152 valence electrons. The van der Waals surface area contributed by atoms with Gasteiger partial charge in [0.25, 0.3) is 0 Å². The lowest BCUT2D eigenvalue weighted by Gasteiger charge is -2.18. The van der Waals surface area contributed by atoms with Gasteiger partial charge in [0.15, 0.2) is 5.16 Å². The summed E-state index contributed by atoms with van der Waals surface area (Å²) in [5, 5.41) is 3.38. The van der Waals surface area contributed by atoms with Gasteiger partial charge in [0.1, 0.15) is 11.0 Å². The number of ether oxygens (including phenoxy) is 1. The molecule has 1 unspecified atom stereocenters. The number of nitrogens with one attached hydrogen (secondary N) is 1. The van der Waals surface area contributed by atoms with Crippen LogP contribution in [0.2, 0.25) is 0 Å². The maximum atomic E-state index is 13.4. The third-order valence-corrected chi connectivity index (χ3v) is 6.22. The SMILES string of the molecule is COc1ccc(C)cc1NC(=O)C(Sc1nc2ccccc2n1C)c1ccccc1. The van der Waals surface area contributed by atoms with Crippen LogP contribution in [0.5, 0.6) is 5.75 Å². The molecule has 1 N–H and O–H groups in total. The van der Waals surface area contributed by atoms with Gasteiger partial charge in [0.2, 0.25) is 5.91 Å². The Balaban J connectivity index is 1.69. The lowest BCUT2D eigenvalue weighted by Crippen LogP contribution is -2.20. The van der Waals surface area contributed by atoms with E-state index < -0.39 is 5.25 Å². The molecule has 4 aromatic rings. The fourth-order valence-electron chi connectivity index (χ4n) is 3.35. The summed E-state index contributed by atoms with van der Waals surface area (Å²) in [6.07, 6.45) is 0. The van der Waals surface area contributed by atoms with Crippen LogP contribution in [0.1, 0.15) is 16.4 Å². The standard InChI is InChI=1S/C24H23N3O2S/c1-16-13-14-21(29-3)19(15-16)25-23(28)22(17-9-5-4-6-10-17)30-24-26-18-11-7-8-12-20(18)27(24)2/h4-15,22H,1-3H3,(H,25,28). The van der Waals surface area contributed by atoms with Gasteiger partial charge in [-0.3, -0.25) is 4.79 Å². The Morgan fingerprint density at radius 3 is 2.53 bits per heavy atom. The second-order valence-electron chi connectivity index (χ2n) is 7.04. The predicted molar refractivity (Wildman–Crippen MR) is 122 cm³/mol. The van der Waals surface area contributed by atoms with E-state index in [1.807, 2.05) is 91.3 Å². The molecule has 1 atom stereocenters. The first kappa shape index (κ1) is 20.0. The fourth-order valence-corrected chi connectivity index (χ4v) is 4.43. The number of nitrogens with zero attached hydrogens (tertiary/aromatic N) is 2. The molecular weight excluding hydrogens is 394 g/mol. The number of fused-ring (bicyclic) bond motifs is 1. The molecule has 30 heavy (non-hydrogen) atoms. The van der Waals surface area contributed by atoms with Gasteiger partial charge in [-0.2, -0.15) is 0 Å². The molecule has 0 aliphatic heterocycles. The Morgan fingerprint density at radius 2 is 1.80 bits per heavy atom. The monoisotopic (exact) mass is 417 g/mol. The minimum absolute atomic E-state index is 0.123. The number of carbonyl (C=O) groups excluding carboxylic acids is 1. The van der Waals surface area contributed by atoms with E-state index in [1.54, 1.807) is 7.11 Å². The first-order valence-corrected chi connectivity index (χ1v) is 10.5. The average Bonchev–Trinajstić information content (AvgIpc) is 3.08. The number of hydrogen-bond donors (Lipinski definition) is 1. The van der Waals surface area contributed by atoms with Crippen molar-refractivity contribution in [3.05, 3.63) is 83.9 Å². The lowest BCUT2D eigenvalue weighted by molar-refractivity contribution is -0.115. The van der Waals surface area contributed by atoms with Gasteiger partial charge in [-0.1, -0.05) is 60.3 Å². The van der Waals surface area contributed by atoms with Crippen LogP contribution in [0.15, 0.2) is 78.0 Å². The van der Waals surface area contributed by atoms with Crippen molar-refractivity contribution in [2.45, 2.75) is 17.3 Å². The Bertz CT molecular complexity index is 1190. The molecular formula is C24H23N3O2S. The number of thioether (sulfide) groups is 1. The first-order chi connectivity index (χ1) is 14.6. The number of aryl methyl sites for hydroxylation is 2. The molecule has 0 saturated heterocycles. The molecule has 0 fully saturated rings. The van der Waals surface area contributed by atoms with Gasteiger partial charge >= 0.3 is 0 Å². The van der Waals surface area contributed by atoms with Crippen molar-refractivity contribution in [1.82, 2.24) is 9.55 Å². The van der Waals surface area contributed by atoms with E-state index in [-0.39, 0.29) is 5.91 Å². The Labute approximate surface area is 180 Å². The average molecular weight is 418 g/mol. The van der Waals surface area contributed by atoms with E-state index >= 15 is 0 Å². The maximum absolute atomic E-state index is 13.4. The first-order valence-electron chi connectivity index (χ1n) is 9.65. The minimum Gasteiger partial charge on any atom is -0.495 e. The number of amides is 1. The van der Waals surface area contributed by atoms with Gasteiger partial charge < -0.3 is 14.6 Å². The van der Waals surface area contributed by atoms with Crippen LogP contribution in [-0.2, 0) is 11.8 Å². The molecule has 1 aromatic heterocycles. The quantitative estimate of drug-likeness (QED) is 0.429. The molecule has 0 bridgehead atoms. The molecule has 5 nitrogen and oxygen atoms in total. The van der Waals surface area contributed by atoms with Crippen molar-refractivity contribution in [3.8, 4) is 5.75 Å². The van der Waals surface area contributed by atoms with Crippen LogP contribution in [0.3, 0.4) is 0 Å². The van der Waals surface area contributed by atoms with Gasteiger partial charge in [0, 0.05) is 7.05 Å². The van der Waals surface area contributed by atoms with E-state index in [0.29, 0.717) is 11.4 Å². The predicted octanol–water partition coefficient (Wildman–Crippen LogP) is 5.36. The Morgan fingerprint density at radius 1 is 1.07 bits per heavy atom. The molecule has 1 heterocycles. The molecule has 0 aliphatic carbocycles. The van der Waals surface area contributed by atoms with Crippen LogP contribution >= 0.6 is 11.8 Å². The molecule has 0 spiro atoms. The van der Waals surface area contributed by atoms with Crippen LogP contribution in [0.4, 0.5) is 5.69 Å². The summed E-state index contributed by atoms with van der Waals surface area (Å²) in [5.41, 5.74) is 4.57. The molecule has 4 rings (SSSR count). The smallest absolute Gasteiger partial charge is 0.242 e. The van der Waals surface area contributed by atoms with Crippen molar-refractivity contribution in [3.63, 3.8) is 0 Å². The summed E-state index contributed by atoms with van der Waals surface area (Å²) in [4.78, 5) is 18.1. The highest BCUT2D eigenvalue weighted by molar-refractivity contribution is 8.00. The Hall–Kier alpha value is -3.25. The molecule has 0 aliphatic rings. The summed E-state index contributed by atoms with van der Waals surface area (Å²) < 4.78 is 7.45. The number of aromatic nitrogens is 2. The zero-order valence-electron chi connectivity index (χ0n) is 17.1. The summed E-state index contributed by atoms with van der Waals surface area (Å²) in [6, 6.07) is 23.5. The third-order valence-electron chi connectivity index (χ3n) is 4.92. The number of para-hydroxylation sites is 2. The van der Waals surface area contributed by atoms with Crippen LogP contribution in [0.25, 0.3) is 11.0 Å². The van der Waals surface area contributed by atoms with Crippen molar-refractivity contribution in [2.75, 3.05) is 12.4 Å². The summed E-state index contributed by atoms with van der Waals surface area (Å²) in [5.74, 6) is 0.510. The van der Waals surface area contributed by atoms with Crippen LogP contribution < -0.4 is 10.1 Å². The number of anilines is 1. The highest BCUT2D eigenvalue weighted by Gasteiger charge is 2.25.